The number of aliphatic hydroxyl groups excluding tert-OH is 1. The maximum Gasteiger partial charge on any atom is 0.191 e. The monoisotopic (exact) mass is 329 g/mol. The second-order valence-corrected chi connectivity index (χ2v) is 6.18. The van der Waals surface area contributed by atoms with Gasteiger partial charge in [0.1, 0.15) is 12.4 Å². The van der Waals surface area contributed by atoms with Gasteiger partial charge in [0.05, 0.1) is 11.3 Å². The van der Waals surface area contributed by atoms with E-state index in [-0.39, 0.29) is 6.61 Å². The Morgan fingerprint density at radius 2 is 2.00 bits per heavy atom. The highest BCUT2D eigenvalue weighted by molar-refractivity contribution is 7.98. The van der Waals surface area contributed by atoms with Gasteiger partial charge < -0.3 is 9.67 Å². The molecule has 0 unspecified atom stereocenters. The van der Waals surface area contributed by atoms with Crippen molar-refractivity contribution in [3.63, 3.8) is 0 Å². The van der Waals surface area contributed by atoms with Crippen LogP contribution in [0.3, 0.4) is 0 Å². The molecule has 3 aromatic rings. The molecule has 0 radical (unpaired) electrons. The van der Waals surface area contributed by atoms with E-state index in [1.165, 1.54) is 0 Å². The highest BCUT2D eigenvalue weighted by Crippen LogP contribution is 2.23. The van der Waals surface area contributed by atoms with Crippen LogP contribution in [-0.4, -0.2) is 29.8 Å². The van der Waals surface area contributed by atoms with E-state index in [0.717, 1.165) is 40.5 Å². The highest BCUT2D eigenvalue weighted by Gasteiger charge is 2.12. The van der Waals surface area contributed by atoms with Crippen molar-refractivity contribution in [1.82, 2.24) is 24.7 Å². The Labute approximate surface area is 139 Å². The van der Waals surface area contributed by atoms with Crippen LogP contribution in [0, 0.1) is 6.92 Å². The Kier molecular flexibility index (Phi) is 4.88. The van der Waals surface area contributed by atoms with Gasteiger partial charge in [0.15, 0.2) is 11.0 Å². The summed E-state index contributed by atoms with van der Waals surface area (Å²) in [4.78, 5) is 9.20. The molecule has 3 rings (SSSR count). The summed E-state index contributed by atoms with van der Waals surface area (Å²) in [6.07, 6.45) is 0.962. The Balaban J connectivity index is 1.82. The lowest BCUT2D eigenvalue weighted by molar-refractivity contribution is 0.263. The third-order valence-electron chi connectivity index (χ3n) is 3.55. The first-order valence-corrected chi connectivity index (χ1v) is 8.59. The number of aromatic nitrogens is 5. The standard InChI is InChI=1S/C16H19N5OS/c1-3-8-21-15(9-22)19-20-16(21)23-10-14-17-11(2)12-6-4-5-7-13(12)18-14/h4-7,22H,3,8-10H2,1-2H3. The predicted octanol–water partition coefficient (Wildman–Crippen LogP) is 2.72. The van der Waals surface area contributed by atoms with Crippen LogP contribution in [-0.2, 0) is 18.9 Å². The fraction of sp³-hybridized carbons (Fsp3) is 0.375. The zero-order valence-electron chi connectivity index (χ0n) is 13.2. The number of thioether (sulfide) groups is 1. The summed E-state index contributed by atoms with van der Waals surface area (Å²) >= 11 is 1.55. The van der Waals surface area contributed by atoms with Crippen molar-refractivity contribution >= 4 is 22.7 Å². The number of benzene rings is 1. The Bertz CT molecular complexity index is 817. The summed E-state index contributed by atoms with van der Waals surface area (Å²) < 4.78 is 1.96. The molecule has 1 N–H and O–H groups in total. The van der Waals surface area contributed by atoms with Gasteiger partial charge in [-0.15, -0.1) is 10.2 Å². The Hall–Kier alpha value is -1.99. The minimum absolute atomic E-state index is 0.0981. The van der Waals surface area contributed by atoms with Gasteiger partial charge in [-0.1, -0.05) is 36.9 Å². The third-order valence-corrected chi connectivity index (χ3v) is 4.52. The fourth-order valence-electron chi connectivity index (χ4n) is 2.48. The van der Waals surface area contributed by atoms with E-state index in [1.807, 2.05) is 35.8 Å². The van der Waals surface area contributed by atoms with E-state index >= 15 is 0 Å². The molecule has 6 nitrogen and oxygen atoms in total. The molecular weight excluding hydrogens is 310 g/mol. The predicted molar refractivity (Wildman–Crippen MR) is 90.1 cm³/mol. The SMILES string of the molecule is CCCn1c(CO)nnc1SCc1nc(C)c2ccccc2n1. The van der Waals surface area contributed by atoms with Gasteiger partial charge in [-0.05, 0) is 19.4 Å². The van der Waals surface area contributed by atoms with Gasteiger partial charge >= 0.3 is 0 Å². The number of rotatable bonds is 6. The van der Waals surface area contributed by atoms with Crippen LogP contribution in [0.2, 0.25) is 0 Å². The average Bonchev–Trinajstić information content (AvgIpc) is 2.95. The number of hydrogen-bond donors (Lipinski definition) is 1. The number of aliphatic hydroxyl groups is 1. The van der Waals surface area contributed by atoms with Gasteiger partial charge in [-0.25, -0.2) is 9.97 Å². The molecule has 0 fully saturated rings. The molecule has 0 atom stereocenters. The molecule has 120 valence electrons. The summed E-state index contributed by atoms with van der Waals surface area (Å²) in [5.41, 5.74) is 1.94. The molecule has 0 spiro atoms. The largest absolute Gasteiger partial charge is 0.388 e. The van der Waals surface area contributed by atoms with Crippen molar-refractivity contribution in [1.29, 1.82) is 0 Å². The summed E-state index contributed by atoms with van der Waals surface area (Å²) in [7, 11) is 0. The molecule has 0 bridgehead atoms. The second-order valence-electron chi connectivity index (χ2n) is 5.24. The summed E-state index contributed by atoms with van der Waals surface area (Å²) in [6.45, 7) is 4.79. The molecule has 2 aromatic heterocycles. The van der Waals surface area contributed by atoms with E-state index in [2.05, 4.69) is 27.1 Å². The van der Waals surface area contributed by atoms with Crippen LogP contribution < -0.4 is 0 Å². The van der Waals surface area contributed by atoms with Crippen molar-refractivity contribution in [2.24, 2.45) is 0 Å². The van der Waals surface area contributed by atoms with Crippen molar-refractivity contribution in [2.75, 3.05) is 0 Å². The van der Waals surface area contributed by atoms with Gasteiger partial charge in [0.25, 0.3) is 0 Å². The third kappa shape index (κ3) is 3.35. The fourth-order valence-corrected chi connectivity index (χ4v) is 3.32. The first-order chi connectivity index (χ1) is 11.2. The van der Waals surface area contributed by atoms with Gasteiger partial charge in [0.2, 0.25) is 0 Å². The van der Waals surface area contributed by atoms with Gasteiger partial charge in [0, 0.05) is 17.6 Å². The molecule has 23 heavy (non-hydrogen) atoms. The Morgan fingerprint density at radius 3 is 2.78 bits per heavy atom. The lowest BCUT2D eigenvalue weighted by Gasteiger charge is -2.08. The highest BCUT2D eigenvalue weighted by atomic mass is 32.2. The normalized spacial score (nSPS) is 11.3. The van der Waals surface area contributed by atoms with Crippen LogP contribution in [0.1, 0.15) is 30.7 Å². The molecule has 2 heterocycles. The van der Waals surface area contributed by atoms with Crippen LogP contribution in [0.4, 0.5) is 0 Å². The molecule has 0 aliphatic carbocycles. The smallest absolute Gasteiger partial charge is 0.191 e. The molecule has 1 aromatic carbocycles. The van der Waals surface area contributed by atoms with E-state index < -0.39 is 0 Å². The van der Waals surface area contributed by atoms with E-state index in [1.54, 1.807) is 11.8 Å². The summed E-state index contributed by atoms with van der Waals surface area (Å²) in [5.74, 6) is 2.01. The molecule has 0 saturated heterocycles. The zero-order valence-corrected chi connectivity index (χ0v) is 14.0. The van der Waals surface area contributed by atoms with Crippen LogP contribution >= 0.6 is 11.8 Å². The van der Waals surface area contributed by atoms with Gasteiger partial charge in [-0.2, -0.15) is 0 Å². The minimum atomic E-state index is -0.0981. The number of aryl methyl sites for hydroxylation is 1. The summed E-state index contributed by atoms with van der Waals surface area (Å²) in [6, 6.07) is 8.02. The molecule has 0 amide bonds. The number of nitrogens with zero attached hydrogens (tertiary/aromatic N) is 5. The first-order valence-electron chi connectivity index (χ1n) is 7.61. The lowest BCUT2D eigenvalue weighted by Crippen LogP contribution is -2.05. The number of para-hydroxylation sites is 1. The van der Waals surface area contributed by atoms with E-state index in [0.29, 0.717) is 11.6 Å². The Morgan fingerprint density at radius 1 is 1.17 bits per heavy atom. The maximum absolute atomic E-state index is 9.34. The van der Waals surface area contributed by atoms with Crippen molar-refractivity contribution in [3.8, 4) is 0 Å². The zero-order chi connectivity index (χ0) is 16.2. The number of fused-ring (bicyclic) bond motifs is 1. The van der Waals surface area contributed by atoms with E-state index in [9.17, 15) is 5.11 Å². The van der Waals surface area contributed by atoms with E-state index in [4.69, 9.17) is 0 Å². The molecule has 0 saturated carbocycles. The molecular formula is C16H19N5OS. The second kappa shape index (κ2) is 7.06. The number of hydrogen-bond acceptors (Lipinski definition) is 6. The lowest BCUT2D eigenvalue weighted by atomic mass is 10.2. The molecule has 0 aliphatic heterocycles. The quantitative estimate of drug-likeness (QED) is 0.701. The van der Waals surface area contributed by atoms with Crippen LogP contribution in [0.25, 0.3) is 10.9 Å². The van der Waals surface area contributed by atoms with Gasteiger partial charge in [-0.3, -0.25) is 0 Å². The van der Waals surface area contributed by atoms with Crippen molar-refractivity contribution in [2.45, 2.75) is 44.3 Å². The molecule has 7 heteroatoms. The van der Waals surface area contributed by atoms with Crippen LogP contribution in [0.5, 0.6) is 0 Å². The maximum atomic E-state index is 9.34. The van der Waals surface area contributed by atoms with Crippen molar-refractivity contribution in [3.05, 3.63) is 41.6 Å². The van der Waals surface area contributed by atoms with Crippen LogP contribution in [0.15, 0.2) is 29.4 Å². The van der Waals surface area contributed by atoms with Crippen molar-refractivity contribution < 1.29 is 5.11 Å². The topological polar surface area (TPSA) is 76.7 Å². The molecule has 0 aliphatic rings. The summed E-state index contributed by atoms with van der Waals surface area (Å²) in [5, 5.41) is 19.4. The average molecular weight is 329 g/mol. The minimum Gasteiger partial charge on any atom is -0.388 e. The first kappa shape index (κ1) is 15.9.